The minimum absolute atomic E-state index is 0.0443. The molecular formula is C17H11F3N2O2. The maximum absolute atomic E-state index is 14.0. The zero-order chi connectivity index (χ0) is 17.4. The van der Waals surface area contributed by atoms with Gasteiger partial charge in [-0.1, -0.05) is 0 Å². The lowest BCUT2D eigenvalue weighted by Crippen LogP contribution is -2.18. The van der Waals surface area contributed by atoms with Crippen LogP contribution < -0.4 is 10.7 Å². The average Bonchev–Trinajstić information content (AvgIpc) is 2.50. The highest BCUT2D eigenvalue weighted by Gasteiger charge is 2.18. The van der Waals surface area contributed by atoms with E-state index in [1.165, 1.54) is 31.2 Å². The second kappa shape index (κ2) is 5.84. The molecule has 1 aromatic heterocycles. The summed E-state index contributed by atoms with van der Waals surface area (Å²) in [5.74, 6) is -2.95. The number of fused-ring (bicyclic) bond motifs is 1. The molecule has 0 saturated carbocycles. The van der Waals surface area contributed by atoms with Gasteiger partial charge in [-0.15, -0.1) is 0 Å². The van der Waals surface area contributed by atoms with Gasteiger partial charge in [-0.3, -0.25) is 9.59 Å². The smallest absolute Gasteiger partial charge is 0.202 e. The molecule has 3 rings (SSSR count). The summed E-state index contributed by atoms with van der Waals surface area (Å²) in [5.41, 5.74) is -0.900. The molecule has 0 bridgehead atoms. The van der Waals surface area contributed by atoms with Gasteiger partial charge in [0.2, 0.25) is 5.43 Å². The van der Waals surface area contributed by atoms with Crippen LogP contribution in [-0.4, -0.2) is 10.8 Å². The minimum Gasteiger partial charge on any atom is -0.341 e. The molecule has 7 heteroatoms. The number of ketones is 1. The van der Waals surface area contributed by atoms with Crippen LogP contribution in [0.1, 0.15) is 17.3 Å². The zero-order valence-corrected chi connectivity index (χ0v) is 12.4. The molecule has 3 aromatic rings. The molecular weight excluding hydrogens is 321 g/mol. The Morgan fingerprint density at radius 2 is 1.71 bits per heavy atom. The van der Waals surface area contributed by atoms with Gasteiger partial charge in [-0.2, -0.15) is 0 Å². The lowest BCUT2D eigenvalue weighted by Gasteiger charge is -2.12. The van der Waals surface area contributed by atoms with Crippen molar-refractivity contribution in [3.63, 3.8) is 0 Å². The van der Waals surface area contributed by atoms with Gasteiger partial charge in [-0.05, 0) is 37.3 Å². The van der Waals surface area contributed by atoms with Crippen molar-refractivity contribution in [3.05, 3.63) is 69.6 Å². The number of Topliss-reactive ketones (excluding diaryl/α,β-unsaturated/α-hetero) is 1. The lowest BCUT2D eigenvalue weighted by molar-refractivity contribution is 0.101. The van der Waals surface area contributed by atoms with E-state index in [0.717, 1.165) is 6.07 Å². The number of pyridine rings is 1. The predicted octanol–water partition coefficient (Wildman–Crippen LogP) is 3.89. The Hall–Kier alpha value is -3.09. The summed E-state index contributed by atoms with van der Waals surface area (Å²) in [6.45, 7) is 1.17. The van der Waals surface area contributed by atoms with Crippen LogP contribution in [0.4, 0.5) is 24.7 Å². The molecule has 0 unspecified atom stereocenters. The van der Waals surface area contributed by atoms with Crippen molar-refractivity contribution in [2.24, 2.45) is 0 Å². The molecule has 0 radical (unpaired) electrons. The molecule has 0 fully saturated rings. The first-order valence-corrected chi connectivity index (χ1v) is 6.95. The summed E-state index contributed by atoms with van der Waals surface area (Å²) >= 11 is 0. The second-order valence-electron chi connectivity index (χ2n) is 5.20. The Labute approximate surface area is 133 Å². The van der Waals surface area contributed by atoms with Crippen LogP contribution >= 0.6 is 0 Å². The highest BCUT2D eigenvalue weighted by Crippen LogP contribution is 2.23. The Kier molecular flexibility index (Phi) is 3.84. The van der Waals surface area contributed by atoms with Gasteiger partial charge in [0.05, 0.1) is 10.9 Å². The summed E-state index contributed by atoms with van der Waals surface area (Å²) in [4.78, 5) is 26.9. The van der Waals surface area contributed by atoms with E-state index in [9.17, 15) is 22.8 Å². The van der Waals surface area contributed by atoms with E-state index in [1.807, 2.05) is 0 Å². The summed E-state index contributed by atoms with van der Waals surface area (Å²) in [6.07, 6.45) is 0. The number of nitrogens with one attached hydrogen (secondary N) is 2. The number of aromatic amines is 1. The largest absolute Gasteiger partial charge is 0.341 e. The molecule has 4 nitrogen and oxygen atoms in total. The number of hydrogen-bond donors (Lipinski definition) is 2. The van der Waals surface area contributed by atoms with Crippen LogP contribution in [0.2, 0.25) is 0 Å². The fourth-order valence-electron chi connectivity index (χ4n) is 2.42. The maximum atomic E-state index is 14.0. The third-order valence-corrected chi connectivity index (χ3v) is 3.49. The first-order chi connectivity index (χ1) is 11.4. The van der Waals surface area contributed by atoms with Crippen molar-refractivity contribution in [2.45, 2.75) is 6.92 Å². The number of aromatic nitrogens is 1. The molecule has 0 amide bonds. The predicted molar refractivity (Wildman–Crippen MR) is 84.2 cm³/mol. The van der Waals surface area contributed by atoms with Gasteiger partial charge >= 0.3 is 0 Å². The van der Waals surface area contributed by atoms with E-state index in [-0.39, 0.29) is 22.3 Å². The number of carbonyl (C=O) groups excluding carboxylic acids is 1. The molecule has 24 heavy (non-hydrogen) atoms. The van der Waals surface area contributed by atoms with Gasteiger partial charge in [-0.25, -0.2) is 13.2 Å². The molecule has 122 valence electrons. The van der Waals surface area contributed by atoms with Gasteiger partial charge in [0, 0.05) is 11.8 Å². The van der Waals surface area contributed by atoms with Crippen molar-refractivity contribution in [1.82, 2.24) is 4.98 Å². The van der Waals surface area contributed by atoms with E-state index >= 15 is 0 Å². The van der Waals surface area contributed by atoms with Gasteiger partial charge < -0.3 is 10.3 Å². The van der Waals surface area contributed by atoms with E-state index in [4.69, 9.17) is 0 Å². The monoisotopic (exact) mass is 332 g/mol. The van der Waals surface area contributed by atoms with Gasteiger partial charge in [0.1, 0.15) is 28.8 Å². The molecule has 0 spiro atoms. The van der Waals surface area contributed by atoms with Crippen LogP contribution in [0.15, 0.2) is 41.2 Å². The molecule has 1 heterocycles. The Morgan fingerprint density at radius 3 is 2.33 bits per heavy atom. The van der Waals surface area contributed by atoms with Crippen LogP contribution in [0, 0.1) is 17.5 Å². The maximum Gasteiger partial charge on any atom is 0.202 e. The van der Waals surface area contributed by atoms with Crippen molar-refractivity contribution in [1.29, 1.82) is 0 Å². The van der Waals surface area contributed by atoms with E-state index < -0.39 is 28.7 Å². The summed E-state index contributed by atoms with van der Waals surface area (Å²) in [6, 6.07) is 6.65. The van der Waals surface area contributed by atoms with Crippen LogP contribution in [0.5, 0.6) is 0 Å². The molecule has 0 aliphatic carbocycles. The molecule has 0 atom stereocenters. The third-order valence-electron chi connectivity index (χ3n) is 3.49. The van der Waals surface area contributed by atoms with Crippen LogP contribution in [0.25, 0.3) is 10.9 Å². The van der Waals surface area contributed by atoms with E-state index in [0.29, 0.717) is 11.8 Å². The molecule has 0 saturated heterocycles. The average molecular weight is 332 g/mol. The standard InChI is InChI=1S/C17H11F3N2O2/c1-8(23)14-16(24)12-6-10(19)7-13(20)15(12)22-17(14)21-11-4-2-9(18)3-5-11/h2-7H,1H3,(H2,21,22,24). The van der Waals surface area contributed by atoms with Crippen molar-refractivity contribution < 1.29 is 18.0 Å². The quantitative estimate of drug-likeness (QED) is 0.715. The summed E-state index contributed by atoms with van der Waals surface area (Å²) in [5, 5.41) is 2.49. The number of H-pyrrole nitrogens is 1. The van der Waals surface area contributed by atoms with Gasteiger partial charge in [0.15, 0.2) is 5.78 Å². The number of halogens is 3. The zero-order valence-electron chi connectivity index (χ0n) is 12.4. The number of hydrogen-bond acceptors (Lipinski definition) is 3. The highest BCUT2D eigenvalue weighted by atomic mass is 19.1. The van der Waals surface area contributed by atoms with Crippen LogP contribution in [-0.2, 0) is 0 Å². The molecule has 0 aliphatic heterocycles. The van der Waals surface area contributed by atoms with Crippen molar-refractivity contribution in [3.8, 4) is 0 Å². The van der Waals surface area contributed by atoms with Gasteiger partial charge in [0.25, 0.3) is 0 Å². The molecule has 2 aromatic carbocycles. The second-order valence-corrected chi connectivity index (χ2v) is 5.20. The normalized spacial score (nSPS) is 10.8. The van der Waals surface area contributed by atoms with Crippen LogP contribution in [0.3, 0.4) is 0 Å². The summed E-state index contributed by atoms with van der Waals surface area (Å²) in [7, 11) is 0. The summed E-state index contributed by atoms with van der Waals surface area (Å²) < 4.78 is 40.3. The minimum atomic E-state index is -0.959. The van der Waals surface area contributed by atoms with E-state index in [2.05, 4.69) is 10.3 Å². The number of carbonyl (C=O) groups is 1. The highest BCUT2D eigenvalue weighted by molar-refractivity contribution is 6.02. The third kappa shape index (κ3) is 2.76. The first-order valence-electron chi connectivity index (χ1n) is 6.95. The molecule has 2 N–H and O–H groups in total. The fourth-order valence-corrected chi connectivity index (χ4v) is 2.42. The lowest BCUT2D eigenvalue weighted by atomic mass is 10.1. The number of anilines is 2. The topological polar surface area (TPSA) is 62.0 Å². The molecule has 0 aliphatic rings. The Bertz CT molecular complexity index is 1010. The van der Waals surface area contributed by atoms with Crippen molar-refractivity contribution >= 4 is 28.2 Å². The number of benzene rings is 2. The number of rotatable bonds is 3. The Balaban J connectivity index is 2.26. The fraction of sp³-hybridized carbons (Fsp3) is 0.0588. The SMILES string of the molecule is CC(=O)c1c(Nc2ccc(F)cc2)[nH]c2c(F)cc(F)cc2c1=O. The van der Waals surface area contributed by atoms with Crippen molar-refractivity contribution in [2.75, 3.05) is 5.32 Å². The van der Waals surface area contributed by atoms with E-state index in [1.54, 1.807) is 0 Å². The first kappa shape index (κ1) is 15.8. The Morgan fingerprint density at radius 1 is 1.04 bits per heavy atom.